The molecule has 0 saturated carbocycles. The molecule has 2 aromatic carbocycles. The quantitative estimate of drug-likeness (QED) is 0.502. The van der Waals surface area contributed by atoms with Crippen molar-refractivity contribution in [2.24, 2.45) is 5.73 Å². The highest BCUT2D eigenvalue weighted by atomic mass is 16.2. The van der Waals surface area contributed by atoms with Crippen LogP contribution in [0.3, 0.4) is 0 Å². The molecular formula is C18H14N4O. The van der Waals surface area contributed by atoms with Gasteiger partial charge in [0.2, 0.25) is 5.91 Å². The lowest BCUT2D eigenvalue weighted by Crippen LogP contribution is -2.15. The van der Waals surface area contributed by atoms with Gasteiger partial charge in [0.05, 0.1) is 11.2 Å². The van der Waals surface area contributed by atoms with E-state index >= 15 is 0 Å². The molecule has 1 atom stereocenters. The van der Waals surface area contributed by atoms with E-state index in [1.807, 2.05) is 36.4 Å². The maximum absolute atomic E-state index is 12.4. The van der Waals surface area contributed by atoms with E-state index in [2.05, 4.69) is 10.3 Å². The zero-order valence-electron chi connectivity index (χ0n) is 12.2. The van der Waals surface area contributed by atoms with Gasteiger partial charge in [-0.3, -0.25) is 15.2 Å². The van der Waals surface area contributed by atoms with Crippen molar-refractivity contribution < 1.29 is 4.79 Å². The van der Waals surface area contributed by atoms with Crippen LogP contribution in [-0.2, 0) is 4.79 Å². The second kappa shape index (κ2) is 4.91. The molecule has 5 nitrogen and oxygen atoms in total. The SMILES string of the molecule is N=C(N)c1ccc2c(c1)C(c1ccc3ccccc3n1)C(=O)N2. The van der Waals surface area contributed by atoms with Crippen LogP contribution in [-0.4, -0.2) is 16.7 Å². The molecule has 0 spiro atoms. The number of hydrogen-bond acceptors (Lipinski definition) is 3. The van der Waals surface area contributed by atoms with Crippen molar-refractivity contribution in [3.8, 4) is 0 Å². The van der Waals surface area contributed by atoms with Gasteiger partial charge in [0.15, 0.2) is 0 Å². The van der Waals surface area contributed by atoms with Crippen LogP contribution < -0.4 is 11.1 Å². The Kier molecular flexibility index (Phi) is 2.87. The van der Waals surface area contributed by atoms with Gasteiger partial charge in [-0.25, -0.2) is 0 Å². The number of nitrogen functional groups attached to an aromatic ring is 1. The third kappa shape index (κ3) is 2.14. The summed E-state index contributed by atoms with van der Waals surface area (Å²) in [6, 6.07) is 17.0. The van der Waals surface area contributed by atoms with Crippen molar-refractivity contribution in [3.63, 3.8) is 0 Å². The fourth-order valence-corrected chi connectivity index (χ4v) is 2.97. The molecule has 0 fully saturated rings. The van der Waals surface area contributed by atoms with Gasteiger partial charge >= 0.3 is 0 Å². The van der Waals surface area contributed by atoms with E-state index in [1.54, 1.807) is 18.2 Å². The van der Waals surface area contributed by atoms with E-state index in [9.17, 15) is 4.79 Å². The molecule has 1 amide bonds. The van der Waals surface area contributed by atoms with E-state index in [0.29, 0.717) is 11.3 Å². The summed E-state index contributed by atoms with van der Waals surface area (Å²) in [5.74, 6) is -0.602. The first-order valence-electron chi connectivity index (χ1n) is 7.28. The number of nitrogens with zero attached hydrogens (tertiary/aromatic N) is 1. The molecule has 5 heteroatoms. The standard InChI is InChI=1S/C18H14N4O/c19-17(20)11-6-7-14-12(9-11)16(18(23)22-14)15-8-5-10-3-1-2-4-13(10)21-15/h1-9,16H,(H3,19,20)(H,22,23). The lowest BCUT2D eigenvalue weighted by atomic mass is 9.94. The molecule has 0 radical (unpaired) electrons. The fourth-order valence-electron chi connectivity index (χ4n) is 2.97. The Balaban J connectivity index is 1.87. The molecular weight excluding hydrogens is 288 g/mol. The summed E-state index contributed by atoms with van der Waals surface area (Å²) in [4.78, 5) is 17.0. The molecule has 1 unspecified atom stereocenters. The van der Waals surface area contributed by atoms with Crippen molar-refractivity contribution in [1.29, 1.82) is 5.41 Å². The first-order chi connectivity index (χ1) is 11.1. The van der Waals surface area contributed by atoms with Crippen LogP contribution in [0.1, 0.15) is 22.7 Å². The van der Waals surface area contributed by atoms with Gasteiger partial charge in [-0.1, -0.05) is 24.3 Å². The summed E-state index contributed by atoms with van der Waals surface area (Å²) < 4.78 is 0. The summed E-state index contributed by atoms with van der Waals surface area (Å²) in [6.07, 6.45) is 0. The van der Waals surface area contributed by atoms with Crippen LogP contribution in [0.15, 0.2) is 54.6 Å². The Morgan fingerprint density at radius 3 is 2.78 bits per heavy atom. The average Bonchev–Trinajstić information content (AvgIpc) is 2.89. The van der Waals surface area contributed by atoms with Gasteiger partial charge in [-0.05, 0) is 35.9 Å². The van der Waals surface area contributed by atoms with Crippen molar-refractivity contribution in [2.75, 3.05) is 5.32 Å². The molecule has 1 aliphatic rings. The Morgan fingerprint density at radius 1 is 1.13 bits per heavy atom. The highest BCUT2D eigenvalue weighted by Gasteiger charge is 2.33. The number of amidine groups is 1. The zero-order valence-corrected chi connectivity index (χ0v) is 12.2. The lowest BCUT2D eigenvalue weighted by molar-refractivity contribution is -0.116. The van der Waals surface area contributed by atoms with Crippen LogP contribution >= 0.6 is 0 Å². The largest absolute Gasteiger partial charge is 0.384 e. The van der Waals surface area contributed by atoms with Gasteiger partial charge in [0.25, 0.3) is 0 Å². The highest BCUT2D eigenvalue weighted by Crippen LogP contribution is 2.37. The number of hydrogen-bond donors (Lipinski definition) is 3. The van der Waals surface area contributed by atoms with Gasteiger partial charge in [-0.15, -0.1) is 0 Å². The summed E-state index contributed by atoms with van der Waals surface area (Å²) in [7, 11) is 0. The summed E-state index contributed by atoms with van der Waals surface area (Å²) in [5, 5.41) is 11.5. The fraction of sp³-hybridized carbons (Fsp3) is 0.0556. The maximum atomic E-state index is 12.4. The number of anilines is 1. The molecule has 0 bridgehead atoms. The first kappa shape index (κ1) is 13.5. The van der Waals surface area contributed by atoms with Crippen LogP contribution in [0, 0.1) is 5.41 Å². The van der Waals surface area contributed by atoms with E-state index < -0.39 is 5.92 Å². The Morgan fingerprint density at radius 2 is 1.96 bits per heavy atom. The lowest BCUT2D eigenvalue weighted by Gasteiger charge is -2.10. The van der Waals surface area contributed by atoms with Gasteiger partial charge in [-0.2, -0.15) is 0 Å². The monoisotopic (exact) mass is 302 g/mol. The minimum Gasteiger partial charge on any atom is -0.384 e. The summed E-state index contributed by atoms with van der Waals surface area (Å²) >= 11 is 0. The number of carbonyl (C=O) groups is 1. The Labute approximate surface area is 132 Å². The molecule has 23 heavy (non-hydrogen) atoms. The number of nitrogens with two attached hydrogens (primary N) is 1. The number of amides is 1. The molecule has 0 aliphatic carbocycles. The Hall–Kier alpha value is -3.21. The predicted molar refractivity (Wildman–Crippen MR) is 89.7 cm³/mol. The minimum absolute atomic E-state index is 0.0163. The zero-order chi connectivity index (χ0) is 16.0. The number of nitrogens with one attached hydrogen (secondary N) is 2. The molecule has 3 aromatic rings. The van der Waals surface area contributed by atoms with Crippen molar-refractivity contribution in [3.05, 3.63) is 71.4 Å². The molecule has 0 saturated heterocycles. The minimum atomic E-state index is -0.478. The Bertz CT molecular complexity index is 964. The number of rotatable bonds is 2. The third-order valence-corrected chi connectivity index (χ3v) is 4.11. The summed E-state index contributed by atoms with van der Waals surface area (Å²) in [6.45, 7) is 0. The topological polar surface area (TPSA) is 91.9 Å². The van der Waals surface area contributed by atoms with Gasteiger partial charge in [0.1, 0.15) is 11.8 Å². The highest BCUT2D eigenvalue weighted by molar-refractivity contribution is 6.06. The van der Waals surface area contributed by atoms with Gasteiger partial charge < -0.3 is 11.1 Å². The average molecular weight is 302 g/mol. The van der Waals surface area contributed by atoms with Crippen LogP contribution in [0.25, 0.3) is 10.9 Å². The maximum Gasteiger partial charge on any atom is 0.238 e. The number of fused-ring (bicyclic) bond motifs is 2. The number of carbonyl (C=O) groups excluding carboxylic acids is 1. The predicted octanol–water partition coefficient (Wildman–Crippen LogP) is 2.60. The number of pyridine rings is 1. The third-order valence-electron chi connectivity index (χ3n) is 4.11. The molecule has 4 N–H and O–H groups in total. The van der Waals surface area contributed by atoms with E-state index in [0.717, 1.165) is 22.2 Å². The first-order valence-corrected chi connectivity index (χ1v) is 7.28. The van der Waals surface area contributed by atoms with Crippen molar-refractivity contribution >= 4 is 28.3 Å². The van der Waals surface area contributed by atoms with Crippen LogP contribution in [0.4, 0.5) is 5.69 Å². The molecule has 4 rings (SSSR count). The second-order valence-electron chi connectivity index (χ2n) is 5.57. The normalized spacial score (nSPS) is 16.2. The number of aromatic nitrogens is 1. The van der Waals surface area contributed by atoms with E-state index in [-0.39, 0.29) is 11.7 Å². The molecule has 1 aromatic heterocycles. The summed E-state index contributed by atoms with van der Waals surface area (Å²) in [5.41, 5.74) is 9.28. The van der Waals surface area contributed by atoms with E-state index in [1.165, 1.54) is 0 Å². The number of para-hydroxylation sites is 1. The smallest absolute Gasteiger partial charge is 0.238 e. The molecule has 2 heterocycles. The number of benzene rings is 2. The van der Waals surface area contributed by atoms with Crippen LogP contribution in [0.5, 0.6) is 0 Å². The van der Waals surface area contributed by atoms with Crippen molar-refractivity contribution in [1.82, 2.24) is 4.98 Å². The van der Waals surface area contributed by atoms with Gasteiger partial charge in [0, 0.05) is 16.6 Å². The van der Waals surface area contributed by atoms with Crippen LogP contribution in [0.2, 0.25) is 0 Å². The second-order valence-corrected chi connectivity index (χ2v) is 5.57. The van der Waals surface area contributed by atoms with E-state index in [4.69, 9.17) is 11.1 Å². The molecule has 1 aliphatic heterocycles. The van der Waals surface area contributed by atoms with Crippen molar-refractivity contribution in [2.45, 2.75) is 5.92 Å². The molecule has 112 valence electrons.